The maximum absolute atomic E-state index is 9.36. The minimum Gasteiger partial charge on any atom is -0.369 e. The van der Waals surface area contributed by atoms with Crippen molar-refractivity contribution in [3.8, 4) is 6.07 Å². The summed E-state index contributed by atoms with van der Waals surface area (Å²) in [4.78, 5) is 4.62. The molecule has 2 aromatic rings. The molecule has 0 saturated heterocycles. The number of aryl methyl sites for hydroxylation is 2. The van der Waals surface area contributed by atoms with Crippen molar-refractivity contribution in [3.05, 3.63) is 34.9 Å². The quantitative estimate of drug-likeness (QED) is 0.579. The predicted molar refractivity (Wildman–Crippen MR) is 98.7 cm³/mol. The van der Waals surface area contributed by atoms with Crippen molar-refractivity contribution in [2.45, 2.75) is 20.3 Å². The summed E-state index contributed by atoms with van der Waals surface area (Å²) in [6.07, 6.45) is 0.874. The van der Waals surface area contributed by atoms with Crippen molar-refractivity contribution in [3.63, 3.8) is 0 Å². The molecule has 0 radical (unpaired) electrons. The summed E-state index contributed by atoms with van der Waals surface area (Å²) in [7, 11) is 1.79. The van der Waals surface area contributed by atoms with Crippen LogP contribution in [-0.2, 0) is 0 Å². The number of fused-ring (bicyclic) bond motifs is 1. The Morgan fingerprint density at radius 2 is 2.04 bits per heavy atom. The topological polar surface area (TPSA) is 72.8 Å². The monoisotopic (exact) mass is 327 g/mol. The highest BCUT2D eigenvalue weighted by Crippen LogP contribution is 2.24. The standard InChI is InChI=1S/C17H21N5S/c1-11-7-12(2)14-9-13(10-18)16(22-15(14)8-11)20-5-4-6-21-17(23)19-3/h7-9H,4-6H2,1-3H3,(H,20,22)(H2,19,21,23). The van der Waals surface area contributed by atoms with Crippen LogP contribution in [0.2, 0.25) is 0 Å². The zero-order chi connectivity index (χ0) is 16.8. The van der Waals surface area contributed by atoms with E-state index >= 15 is 0 Å². The summed E-state index contributed by atoms with van der Waals surface area (Å²) in [5, 5.41) is 20.2. The second-order valence-corrected chi connectivity index (χ2v) is 5.84. The van der Waals surface area contributed by atoms with Gasteiger partial charge in [-0.1, -0.05) is 6.07 Å². The normalized spacial score (nSPS) is 10.2. The summed E-state index contributed by atoms with van der Waals surface area (Å²) in [6.45, 7) is 5.58. The molecule has 0 aliphatic rings. The highest BCUT2D eigenvalue weighted by atomic mass is 32.1. The zero-order valence-corrected chi connectivity index (χ0v) is 14.5. The molecule has 1 aromatic heterocycles. The lowest BCUT2D eigenvalue weighted by molar-refractivity contribution is 0.794. The van der Waals surface area contributed by atoms with E-state index in [1.807, 2.05) is 19.1 Å². The van der Waals surface area contributed by atoms with Gasteiger partial charge in [-0.25, -0.2) is 4.98 Å². The molecule has 5 nitrogen and oxygen atoms in total. The van der Waals surface area contributed by atoms with E-state index in [1.165, 1.54) is 5.56 Å². The van der Waals surface area contributed by atoms with Gasteiger partial charge in [0, 0.05) is 25.5 Å². The predicted octanol–water partition coefficient (Wildman–Crippen LogP) is 2.62. The Bertz CT molecular complexity index is 764. The number of hydrogen-bond donors (Lipinski definition) is 3. The van der Waals surface area contributed by atoms with Gasteiger partial charge in [-0.2, -0.15) is 5.26 Å². The van der Waals surface area contributed by atoms with E-state index in [4.69, 9.17) is 12.2 Å². The number of rotatable bonds is 5. The highest BCUT2D eigenvalue weighted by Gasteiger charge is 2.08. The molecule has 0 bridgehead atoms. The molecule has 2 rings (SSSR count). The Hall–Kier alpha value is -2.39. The first-order valence-electron chi connectivity index (χ1n) is 7.56. The molecule has 0 spiro atoms. The first-order chi connectivity index (χ1) is 11.0. The molecule has 0 aliphatic heterocycles. The highest BCUT2D eigenvalue weighted by molar-refractivity contribution is 7.80. The molecule has 3 N–H and O–H groups in total. The molecule has 23 heavy (non-hydrogen) atoms. The Morgan fingerprint density at radius 3 is 2.74 bits per heavy atom. The molecule has 0 fully saturated rings. The van der Waals surface area contributed by atoms with Crippen LogP contribution in [0.3, 0.4) is 0 Å². The van der Waals surface area contributed by atoms with Gasteiger partial charge in [-0.05, 0) is 55.7 Å². The van der Waals surface area contributed by atoms with Gasteiger partial charge >= 0.3 is 0 Å². The fourth-order valence-corrected chi connectivity index (χ4v) is 2.54. The summed E-state index contributed by atoms with van der Waals surface area (Å²) in [5.74, 6) is 0.640. The van der Waals surface area contributed by atoms with E-state index in [0.717, 1.165) is 36.0 Å². The van der Waals surface area contributed by atoms with Gasteiger partial charge < -0.3 is 16.0 Å². The van der Waals surface area contributed by atoms with Gasteiger partial charge in [-0.3, -0.25) is 0 Å². The molecule has 6 heteroatoms. The van der Waals surface area contributed by atoms with E-state index in [2.05, 4.69) is 40.0 Å². The summed E-state index contributed by atoms with van der Waals surface area (Å²) < 4.78 is 0. The molecule has 0 amide bonds. The third-order valence-corrected chi connectivity index (χ3v) is 3.91. The number of thiocarbonyl (C=S) groups is 1. The van der Waals surface area contributed by atoms with Gasteiger partial charge in [0.25, 0.3) is 0 Å². The fourth-order valence-electron chi connectivity index (χ4n) is 2.44. The number of nitrogens with one attached hydrogen (secondary N) is 3. The summed E-state index contributed by atoms with van der Waals surface area (Å²) in [6, 6.07) is 8.29. The SMILES string of the molecule is CNC(=S)NCCCNc1nc2cc(C)cc(C)c2cc1C#N. The van der Waals surface area contributed by atoms with Crippen molar-refractivity contribution in [1.29, 1.82) is 5.26 Å². The minimum atomic E-state index is 0.572. The number of nitrogens with zero attached hydrogens (tertiary/aromatic N) is 2. The van der Waals surface area contributed by atoms with Gasteiger partial charge in [0.15, 0.2) is 5.11 Å². The van der Waals surface area contributed by atoms with E-state index in [0.29, 0.717) is 16.5 Å². The van der Waals surface area contributed by atoms with Crippen LogP contribution in [0.4, 0.5) is 5.82 Å². The molecular weight excluding hydrogens is 306 g/mol. The van der Waals surface area contributed by atoms with Crippen LogP contribution in [0.1, 0.15) is 23.1 Å². The van der Waals surface area contributed by atoms with Crippen LogP contribution < -0.4 is 16.0 Å². The third kappa shape index (κ3) is 4.30. The van der Waals surface area contributed by atoms with Gasteiger partial charge in [-0.15, -0.1) is 0 Å². The fraction of sp³-hybridized carbons (Fsp3) is 0.353. The molecule has 0 aliphatic carbocycles. The van der Waals surface area contributed by atoms with Gasteiger partial charge in [0.05, 0.1) is 11.1 Å². The molecule has 0 atom stereocenters. The van der Waals surface area contributed by atoms with E-state index < -0.39 is 0 Å². The van der Waals surface area contributed by atoms with Gasteiger partial charge in [0.2, 0.25) is 0 Å². The molecule has 0 saturated carbocycles. The van der Waals surface area contributed by atoms with Crippen LogP contribution in [-0.4, -0.2) is 30.2 Å². The second kappa shape index (κ2) is 7.75. The Morgan fingerprint density at radius 1 is 1.26 bits per heavy atom. The van der Waals surface area contributed by atoms with Crippen molar-refractivity contribution >= 4 is 34.1 Å². The number of hydrogen-bond acceptors (Lipinski definition) is 4. The largest absolute Gasteiger partial charge is 0.369 e. The Kier molecular flexibility index (Phi) is 5.72. The number of anilines is 1. The molecule has 120 valence electrons. The van der Waals surface area contributed by atoms with Crippen molar-refractivity contribution in [2.24, 2.45) is 0 Å². The molecular formula is C17H21N5S. The number of pyridine rings is 1. The molecule has 1 aromatic carbocycles. The van der Waals surface area contributed by atoms with Crippen LogP contribution in [0.25, 0.3) is 10.9 Å². The second-order valence-electron chi connectivity index (χ2n) is 5.43. The Labute approximate surface area is 142 Å². The Balaban J connectivity index is 2.11. The van der Waals surface area contributed by atoms with Crippen molar-refractivity contribution in [1.82, 2.24) is 15.6 Å². The number of benzene rings is 1. The molecule has 1 heterocycles. The van der Waals surface area contributed by atoms with Crippen LogP contribution in [0.15, 0.2) is 18.2 Å². The molecule has 0 unspecified atom stereocenters. The minimum absolute atomic E-state index is 0.572. The first-order valence-corrected chi connectivity index (χ1v) is 7.97. The van der Waals surface area contributed by atoms with Crippen LogP contribution in [0, 0.1) is 25.2 Å². The maximum atomic E-state index is 9.36. The summed E-state index contributed by atoms with van der Waals surface area (Å²) in [5.41, 5.74) is 3.80. The maximum Gasteiger partial charge on any atom is 0.166 e. The lowest BCUT2D eigenvalue weighted by Gasteiger charge is -2.11. The number of nitriles is 1. The van der Waals surface area contributed by atoms with Crippen molar-refractivity contribution in [2.75, 3.05) is 25.5 Å². The van der Waals surface area contributed by atoms with E-state index in [-0.39, 0.29) is 0 Å². The summed E-state index contributed by atoms with van der Waals surface area (Å²) >= 11 is 5.02. The first kappa shape index (κ1) is 17.0. The third-order valence-electron chi connectivity index (χ3n) is 3.56. The van der Waals surface area contributed by atoms with Gasteiger partial charge in [0.1, 0.15) is 11.9 Å². The lowest BCUT2D eigenvalue weighted by atomic mass is 10.0. The van der Waals surface area contributed by atoms with E-state index in [9.17, 15) is 5.26 Å². The number of aromatic nitrogens is 1. The van der Waals surface area contributed by atoms with Crippen LogP contribution >= 0.6 is 12.2 Å². The van der Waals surface area contributed by atoms with Crippen LogP contribution in [0.5, 0.6) is 0 Å². The average molecular weight is 327 g/mol. The van der Waals surface area contributed by atoms with Crippen molar-refractivity contribution < 1.29 is 0 Å². The zero-order valence-electron chi connectivity index (χ0n) is 13.7. The average Bonchev–Trinajstić information content (AvgIpc) is 2.53. The smallest absolute Gasteiger partial charge is 0.166 e. The lowest BCUT2D eigenvalue weighted by Crippen LogP contribution is -2.33. The van der Waals surface area contributed by atoms with E-state index in [1.54, 1.807) is 7.05 Å².